The van der Waals surface area contributed by atoms with Crippen molar-refractivity contribution in [2.75, 3.05) is 5.32 Å². The SMILES string of the molecule is Cc1ccccc1NC(C)[P+](c1ccccc1)(c1ccccc1)c1ccccc1.O=P(O)(O)O. The highest BCUT2D eigenvalue weighted by Crippen LogP contribution is 2.59. The van der Waals surface area contributed by atoms with Gasteiger partial charge in [-0.1, -0.05) is 72.8 Å². The molecule has 0 heterocycles. The molecule has 4 N–H and O–H groups in total. The number of nitrogens with one attached hydrogen (secondary N) is 1. The van der Waals surface area contributed by atoms with Crippen molar-refractivity contribution in [2.24, 2.45) is 0 Å². The van der Waals surface area contributed by atoms with Gasteiger partial charge in [-0.3, -0.25) is 0 Å². The summed E-state index contributed by atoms with van der Waals surface area (Å²) in [6.45, 7) is 4.51. The fourth-order valence-corrected chi connectivity index (χ4v) is 8.66. The van der Waals surface area contributed by atoms with Crippen LogP contribution in [0.3, 0.4) is 0 Å². The van der Waals surface area contributed by atoms with Gasteiger partial charge in [0, 0.05) is 5.69 Å². The van der Waals surface area contributed by atoms with E-state index in [2.05, 4.69) is 134 Å². The van der Waals surface area contributed by atoms with Gasteiger partial charge in [0.2, 0.25) is 0 Å². The molecule has 4 rings (SSSR count). The summed E-state index contributed by atoms with van der Waals surface area (Å²) in [5, 5.41) is 8.08. The predicted molar refractivity (Wildman–Crippen MR) is 144 cm³/mol. The van der Waals surface area contributed by atoms with E-state index in [0.717, 1.165) is 0 Å². The Labute approximate surface area is 201 Å². The minimum absolute atomic E-state index is 0.232. The summed E-state index contributed by atoms with van der Waals surface area (Å²) < 4.78 is 8.88. The maximum atomic E-state index is 8.88. The molecule has 34 heavy (non-hydrogen) atoms. The Morgan fingerprint density at radius 2 is 0.971 bits per heavy atom. The van der Waals surface area contributed by atoms with Crippen molar-refractivity contribution in [1.82, 2.24) is 0 Å². The molecule has 0 aliphatic heterocycles. The lowest BCUT2D eigenvalue weighted by Gasteiger charge is -2.34. The van der Waals surface area contributed by atoms with E-state index in [1.165, 1.54) is 27.2 Å². The Balaban J connectivity index is 0.000000588. The van der Waals surface area contributed by atoms with Crippen LogP contribution in [0.25, 0.3) is 0 Å². The molecule has 0 amide bonds. The van der Waals surface area contributed by atoms with E-state index in [-0.39, 0.29) is 5.78 Å². The number of hydrogen-bond acceptors (Lipinski definition) is 2. The molecule has 0 fully saturated rings. The molecule has 0 aliphatic carbocycles. The predicted octanol–water partition coefficient (Wildman–Crippen LogP) is 4.82. The molecule has 7 heteroatoms. The normalized spacial score (nSPS) is 12.3. The van der Waals surface area contributed by atoms with Crippen molar-refractivity contribution in [3.63, 3.8) is 0 Å². The number of benzene rings is 4. The summed E-state index contributed by atoms with van der Waals surface area (Å²) in [4.78, 5) is 21.6. The maximum absolute atomic E-state index is 8.88. The Kier molecular flexibility index (Phi) is 8.79. The first-order chi connectivity index (χ1) is 16.2. The molecule has 0 bridgehead atoms. The van der Waals surface area contributed by atoms with Crippen molar-refractivity contribution in [2.45, 2.75) is 19.6 Å². The third-order valence-corrected chi connectivity index (χ3v) is 10.2. The zero-order chi connectivity index (χ0) is 24.6. The van der Waals surface area contributed by atoms with E-state index < -0.39 is 15.1 Å². The molecule has 0 saturated carbocycles. The van der Waals surface area contributed by atoms with Crippen molar-refractivity contribution >= 4 is 36.7 Å². The fraction of sp³-hybridized carbons (Fsp3) is 0.111. The number of phosphoric acid groups is 1. The molecule has 0 radical (unpaired) electrons. The van der Waals surface area contributed by atoms with Crippen LogP contribution in [0.4, 0.5) is 5.69 Å². The highest BCUT2D eigenvalue weighted by Gasteiger charge is 2.50. The van der Waals surface area contributed by atoms with Gasteiger partial charge in [0.25, 0.3) is 0 Å². The second-order valence-electron chi connectivity index (χ2n) is 7.88. The monoisotopic (exact) mass is 494 g/mol. The molecule has 5 nitrogen and oxygen atoms in total. The van der Waals surface area contributed by atoms with Crippen molar-refractivity contribution in [1.29, 1.82) is 0 Å². The van der Waals surface area contributed by atoms with Gasteiger partial charge in [0.05, 0.1) is 0 Å². The van der Waals surface area contributed by atoms with Crippen LogP contribution in [0, 0.1) is 6.92 Å². The van der Waals surface area contributed by atoms with Gasteiger partial charge >= 0.3 is 7.82 Å². The Bertz CT molecular complexity index is 1110. The molecule has 4 aromatic rings. The Morgan fingerprint density at radius 3 is 1.32 bits per heavy atom. The van der Waals surface area contributed by atoms with Crippen LogP contribution in [0.15, 0.2) is 115 Å². The Morgan fingerprint density at radius 1 is 0.647 bits per heavy atom. The lowest BCUT2D eigenvalue weighted by atomic mass is 10.2. The summed E-state index contributed by atoms with van der Waals surface area (Å²) in [6, 6.07) is 41.6. The summed E-state index contributed by atoms with van der Waals surface area (Å²) in [7, 11) is -6.58. The minimum atomic E-state index is -4.64. The maximum Gasteiger partial charge on any atom is 0.466 e. The smallest absolute Gasteiger partial charge is 0.350 e. The summed E-state index contributed by atoms with van der Waals surface area (Å²) in [5.41, 5.74) is 2.47. The highest BCUT2D eigenvalue weighted by atomic mass is 31.2. The second kappa shape index (κ2) is 11.6. The number of hydrogen-bond donors (Lipinski definition) is 4. The molecule has 1 unspecified atom stereocenters. The molecule has 1 atom stereocenters. The van der Waals surface area contributed by atoms with E-state index in [4.69, 9.17) is 19.2 Å². The summed E-state index contributed by atoms with van der Waals surface area (Å²) >= 11 is 0. The highest BCUT2D eigenvalue weighted by molar-refractivity contribution is 7.96. The van der Waals surface area contributed by atoms with Crippen LogP contribution >= 0.6 is 15.1 Å². The third kappa shape index (κ3) is 6.42. The second-order valence-corrected chi connectivity index (χ2v) is 12.7. The van der Waals surface area contributed by atoms with E-state index in [0.29, 0.717) is 0 Å². The van der Waals surface area contributed by atoms with Crippen molar-refractivity contribution in [3.8, 4) is 0 Å². The lowest BCUT2D eigenvalue weighted by molar-refractivity contribution is 0.275. The van der Waals surface area contributed by atoms with Crippen LogP contribution < -0.4 is 21.2 Å². The average molecular weight is 494 g/mol. The van der Waals surface area contributed by atoms with Crippen molar-refractivity contribution < 1.29 is 19.2 Å². The van der Waals surface area contributed by atoms with Crippen LogP contribution in [0.5, 0.6) is 0 Å². The summed E-state index contributed by atoms with van der Waals surface area (Å²) in [6.07, 6.45) is 0. The van der Waals surface area contributed by atoms with E-state index in [9.17, 15) is 0 Å². The van der Waals surface area contributed by atoms with Crippen LogP contribution in [0.2, 0.25) is 0 Å². The lowest BCUT2D eigenvalue weighted by Crippen LogP contribution is -2.41. The van der Waals surface area contributed by atoms with Gasteiger partial charge < -0.3 is 20.0 Å². The number of aryl methyl sites for hydroxylation is 1. The van der Waals surface area contributed by atoms with E-state index in [1.54, 1.807) is 0 Å². The van der Waals surface area contributed by atoms with Crippen LogP contribution in [-0.2, 0) is 4.57 Å². The standard InChI is InChI=1S/C27H27NP.H3O4P/c1-22-14-12-13-21-27(22)28-23(2)29(24-15-6-3-7-16-24,25-17-8-4-9-18-25)26-19-10-5-11-20-26;1-5(2,3)4/h3-21,23,28H,1-2H3;(H3,1,2,3,4)/q+1;. The minimum Gasteiger partial charge on any atom is -0.350 e. The molecular formula is C27H30NO4P2+. The molecule has 0 spiro atoms. The topological polar surface area (TPSA) is 89.8 Å². The summed E-state index contributed by atoms with van der Waals surface area (Å²) in [5.74, 6) is 0.232. The van der Waals surface area contributed by atoms with Gasteiger partial charge in [-0.15, -0.1) is 0 Å². The zero-order valence-electron chi connectivity index (χ0n) is 19.2. The van der Waals surface area contributed by atoms with Crippen molar-refractivity contribution in [3.05, 3.63) is 121 Å². The van der Waals surface area contributed by atoms with E-state index >= 15 is 0 Å². The fourth-order valence-electron chi connectivity index (χ4n) is 4.16. The number of anilines is 1. The van der Waals surface area contributed by atoms with Gasteiger partial charge in [-0.25, -0.2) is 4.57 Å². The third-order valence-electron chi connectivity index (χ3n) is 5.58. The van der Waals surface area contributed by atoms with Crippen LogP contribution in [0.1, 0.15) is 12.5 Å². The largest absolute Gasteiger partial charge is 0.466 e. The first-order valence-corrected chi connectivity index (χ1v) is 14.3. The molecule has 0 saturated heterocycles. The molecule has 4 aromatic carbocycles. The van der Waals surface area contributed by atoms with E-state index in [1.807, 2.05) is 0 Å². The molecule has 176 valence electrons. The number of rotatable bonds is 6. The average Bonchev–Trinajstić information content (AvgIpc) is 2.82. The van der Waals surface area contributed by atoms with Gasteiger partial charge in [-0.05, 0) is 61.9 Å². The van der Waals surface area contributed by atoms with Gasteiger partial charge in [0.1, 0.15) is 29.0 Å². The first-order valence-electron chi connectivity index (χ1n) is 10.9. The first kappa shape index (κ1) is 25.8. The zero-order valence-corrected chi connectivity index (χ0v) is 21.0. The number of para-hydroxylation sites is 1. The van der Waals surface area contributed by atoms with Crippen LogP contribution in [-0.4, -0.2) is 20.5 Å². The molecule has 0 aromatic heterocycles. The quantitative estimate of drug-likeness (QED) is 0.289. The van der Waals surface area contributed by atoms with Gasteiger partial charge in [0.15, 0.2) is 0 Å². The molecular weight excluding hydrogens is 464 g/mol. The molecule has 0 aliphatic rings. The van der Waals surface area contributed by atoms with Gasteiger partial charge in [-0.2, -0.15) is 0 Å². The Hall–Kier alpha value is -2.78.